The second kappa shape index (κ2) is 23.1. The van der Waals surface area contributed by atoms with Crippen LogP contribution in [0.25, 0.3) is 10.2 Å². The Balaban J connectivity index is 1.31. The molecule has 0 aliphatic heterocycles. The Kier molecular flexibility index (Phi) is 18.0. The molecule has 2 aromatic carbocycles. The van der Waals surface area contributed by atoms with Crippen molar-refractivity contribution in [2.24, 2.45) is 4.99 Å². The maximum absolute atomic E-state index is 15.0. The molecule has 344 valence electrons. The van der Waals surface area contributed by atoms with Gasteiger partial charge in [0.25, 0.3) is 0 Å². The summed E-state index contributed by atoms with van der Waals surface area (Å²) in [5, 5.41) is 19.2. The maximum atomic E-state index is 15.0. The monoisotopic (exact) mass is 933 g/mol. The molecular formula is C46H60FN7O7S2Si. The van der Waals surface area contributed by atoms with Crippen LogP contribution in [-0.2, 0) is 27.4 Å². The summed E-state index contributed by atoms with van der Waals surface area (Å²) in [6, 6.07) is 15.6. The van der Waals surface area contributed by atoms with E-state index in [1.165, 1.54) is 35.5 Å². The van der Waals surface area contributed by atoms with E-state index < -0.39 is 31.6 Å². The highest BCUT2D eigenvalue weighted by molar-refractivity contribution is 7.16. The number of thiazole rings is 2. The number of hydrogen-bond acceptors (Lipinski definition) is 14. The van der Waals surface area contributed by atoms with E-state index in [1.54, 1.807) is 45.2 Å². The van der Waals surface area contributed by atoms with Crippen molar-refractivity contribution in [2.45, 2.75) is 97.8 Å². The van der Waals surface area contributed by atoms with Crippen molar-refractivity contribution in [3.05, 3.63) is 80.8 Å². The minimum absolute atomic E-state index is 0.0701. The average molecular weight is 934 g/mol. The number of amides is 1. The Morgan fingerprint density at radius 1 is 1.02 bits per heavy atom. The van der Waals surface area contributed by atoms with Gasteiger partial charge in [-0.2, -0.15) is 4.99 Å². The van der Waals surface area contributed by atoms with Crippen molar-refractivity contribution >= 4 is 69.8 Å². The number of para-hydroxylation sites is 1. The minimum atomic E-state index is -1.25. The van der Waals surface area contributed by atoms with Gasteiger partial charge in [-0.25, -0.2) is 19.0 Å². The van der Waals surface area contributed by atoms with Gasteiger partial charge in [0.1, 0.15) is 12.3 Å². The molecule has 18 heteroatoms. The smallest absolute Gasteiger partial charge is 0.410 e. The fourth-order valence-corrected chi connectivity index (χ4v) is 8.99. The Hall–Kier alpha value is -5.19. The molecule has 0 fully saturated rings. The number of carbonyl (C=O) groups excluding carboxylic acids is 2. The van der Waals surface area contributed by atoms with Gasteiger partial charge >= 0.3 is 12.1 Å². The molecule has 0 atom stereocenters. The summed E-state index contributed by atoms with van der Waals surface area (Å²) in [7, 11) is 1.64. The number of carbonyl (C=O) groups is 2. The third-order valence-electron chi connectivity index (χ3n) is 9.56. The molecule has 64 heavy (non-hydrogen) atoms. The average Bonchev–Trinajstić information content (AvgIpc) is 3.82. The van der Waals surface area contributed by atoms with Crippen LogP contribution in [0.3, 0.4) is 0 Å². The number of benzene rings is 2. The van der Waals surface area contributed by atoms with E-state index in [4.69, 9.17) is 28.9 Å². The number of hydrogen-bond donors (Lipinski definition) is 1. The standard InChI is InChI=1S/C46H60FN7O7S2Si/c1-32-29-39(50-51-41(32)49-44-54(31-59-27-28-64(7,8)9)35-18-11-12-19-37(35)62-44)53(24-13-10-14-25-55)43-48-40(42(56)58-6)38(63-43)20-16-26-60-36-22-21-33(30-34(36)47)17-15-23-52(5)45(57)61-46(2,3)4/h11-12,18-19,21-22,29-30,55H,10,13-14,16,20,23-28,31H2,1-9H3/b49-44-. The Morgan fingerprint density at radius 2 is 1.80 bits per heavy atom. The van der Waals surface area contributed by atoms with Crippen LogP contribution in [0.4, 0.5) is 26.0 Å². The highest BCUT2D eigenvalue weighted by atomic mass is 32.1. The zero-order valence-electron chi connectivity index (χ0n) is 38.3. The van der Waals surface area contributed by atoms with Crippen LogP contribution in [0.2, 0.25) is 25.7 Å². The normalized spacial score (nSPS) is 12.0. The first-order valence-electron chi connectivity index (χ1n) is 21.3. The fraction of sp³-hybridized carbons (Fsp3) is 0.478. The van der Waals surface area contributed by atoms with Crippen molar-refractivity contribution in [1.29, 1.82) is 0 Å². The summed E-state index contributed by atoms with van der Waals surface area (Å²) < 4.78 is 40.6. The van der Waals surface area contributed by atoms with Gasteiger partial charge in [-0.15, -0.1) is 21.5 Å². The first-order valence-corrected chi connectivity index (χ1v) is 26.7. The lowest BCUT2D eigenvalue weighted by molar-refractivity contribution is 0.0320. The number of ether oxygens (including phenoxy) is 4. The van der Waals surface area contributed by atoms with E-state index >= 15 is 4.39 Å². The predicted molar refractivity (Wildman–Crippen MR) is 253 cm³/mol. The number of unbranched alkanes of at least 4 members (excludes halogenated alkanes) is 2. The van der Waals surface area contributed by atoms with Crippen LogP contribution in [-0.4, -0.2) is 103 Å². The van der Waals surface area contributed by atoms with Crippen molar-refractivity contribution in [1.82, 2.24) is 24.6 Å². The molecule has 3 aromatic heterocycles. The van der Waals surface area contributed by atoms with E-state index in [9.17, 15) is 14.7 Å². The van der Waals surface area contributed by atoms with Gasteiger partial charge in [-0.05, 0) is 108 Å². The molecule has 5 aromatic rings. The molecule has 14 nitrogen and oxygen atoms in total. The zero-order chi connectivity index (χ0) is 46.4. The summed E-state index contributed by atoms with van der Waals surface area (Å²) in [5.74, 6) is 5.68. The molecular weight excluding hydrogens is 874 g/mol. The number of esters is 1. The number of halogens is 1. The maximum Gasteiger partial charge on any atom is 0.410 e. The number of aliphatic hydroxyl groups is 1. The first kappa shape index (κ1) is 49.8. The van der Waals surface area contributed by atoms with E-state index in [-0.39, 0.29) is 31.2 Å². The van der Waals surface area contributed by atoms with Crippen molar-refractivity contribution in [3.63, 3.8) is 0 Å². The molecule has 0 unspecified atom stereocenters. The molecule has 3 heterocycles. The van der Waals surface area contributed by atoms with Crippen molar-refractivity contribution in [2.75, 3.05) is 52.0 Å². The number of aromatic nitrogens is 4. The van der Waals surface area contributed by atoms with Gasteiger partial charge in [0.15, 0.2) is 38.8 Å². The Morgan fingerprint density at radius 3 is 2.50 bits per heavy atom. The number of nitrogens with zero attached hydrogens (tertiary/aromatic N) is 7. The van der Waals surface area contributed by atoms with Crippen LogP contribution in [0, 0.1) is 24.6 Å². The summed E-state index contributed by atoms with van der Waals surface area (Å²) >= 11 is 2.91. The summed E-state index contributed by atoms with van der Waals surface area (Å²) in [4.78, 5) is 39.7. The first-order chi connectivity index (χ1) is 30.5. The number of methoxy groups -OCH3 is 1. The Labute approximate surface area is 384 Å². The summed E-state index contributed by atoms with van der Waals surface area (Å²) in [6.07, 6.45) is 2.52. The molecule has 0 radical (unpaired) electrons. The molecule has 5 rings (SSSR count). The van der Waals surface area contributed by atoms with Crippen LogP contribution < -0.4 is 14.4 Å². The van der Waals surface area contributed by atoms with Crippen molar-refractivity contribution < 1.29 is 38.0 Å². The van der Waals surface area contributed by atoms with Gasteiger partial charge in [-0.3, -0.25) is 4.57 Å². The number of rotatable bonds is 20. The largest absolute Gasteiger partial charge is 0.491 e. The molecule has 1 amide bonds. The van der Waals surface area contributed by atoms with Crippen molar-refractivity contribution in [3.8, 4) is 17.6 Å². The predicted octanol–water partition coefficient (Wildman–Crippen LogP) is 9.26. The SMILES string of the molecule is COC(=O)c1nc(N(CCCCCO)c2cc(C)c(/N=c3\sc4ccccc4n3COCC[Si](C)(C)C)nn2)sc1CCCOc1ccc(C#CCN(C)C(=O)OC(C)(C)C)cc1F. The highest BCUT2D eigenvalue weighted by Gasteiger charge is 2.24. The molecule has 0 spiro atoms. The zero-order valence-corrected chi connectivity index (χ0v) is 41.0. The quantitative estimate of drug-likeness (QED) is 0.0344. The van der Waals surface area contributed by atoms with E-state index in [2.05, 4.69) is 58.4 Å². The lowest BCUT2D eigenvalue weighted by atomic mass is 10.2. The molecule has 0 aliphatic carbocycles. The highest BCUT2D eigenvalue weighted by Crippen LogP contribution is 2.34. The second-order valence-corrected chi connectivity index (χ2v) is 25.1. The number of aliphatic hydroxyl groups excluding tert-OH is 1. The third-order valence-corrected chi connectivity index (χ3v) is 13.5. The molecule has 0 bridgehead atoms. The van der Waals surface area contributed by atoms with Crippen LogP contribution in [0.5, 0.6) is 5.75 Å². The third kappa shape index (κ3) is 14.7. The minimum Gasteiger partial charge on any atom is -0.491 e. The van der Waals surface area contributed by atoms with Gasteiger partial charge in [0, 0.05) is 45.3 Å². The van der Waals surface area contributed by atoms with E-state index in [0.717, 1.165) is 39.5 Å². The van der Waals surface area contributed by atoms with Crippen LogP contribution in [0.15, 0.2) is 53.5 Å². The summed E-state index contributed by atoms with van der Waals surface area (Å²) in [5.41, 5.74) is 1.84. The number of fused-ring (bicyclic) bond motifs is 1. The molecule has 0 saturated heterocycles. The van der Waals surface area contributed by atoms with Crippen LogP contribution >= 0.6 is 22.7 Å². The molecule has 0 saturated carbocycles. The van der Waals surface area contributed by atoms with E-state index in [1.807, 2.05) is 30.0 Å². The van der Waals surface area contributed by atoms with Gasteiger partial charge in [0.2, 0.25) is 0 Å². The lowest BCUT2D eigenvalue weighted by Crippen LogP contribution is -2.34. The van der Waals surface area contributed by atoms with Gasteiger partial charge in [0.05, 0.1) is 30.5 Å². The lowest BCUT2D eigenvalue weighted by Gasteiger charge is -2.23. The topological polar surface area (TPSA) is 154 Å². The fourth-order valence-electron chi connectivity index (χ4n) is 6.08. The van der Waals surface area contributed by atoms with Gasteiger partial charge < -0.3 is 33.9 Å². The number of aryl methyl sites for hydroxylation is 2. The van der Waals surface area contributed by atoms with Crippen LogP contribution in [0.1, 0.15) is 72.9 Å². The molecule has 1 N–H and O–H groups in total. The number of anilines is 2. The van der Waals surface area contributed by atoms with E-state index in [0.29, 0.717) is 66.4 Å². The summed E-state index contributed by atoms with van der Waals surface area (Å²) in [6.45, 7) is 16.2. The molecule has 0 aliphatic rings. The van der Waals surface area contributed by atoms with Gasteiger partial charge in [-0.1, -0.05) is 55.0 Å². The Bertz CT molecular complexity index is 2500. The second-order valence-electron chi connectivity index (χ2n) is 17.4.